The van der Waals surface area contributed by atoms with Crippen LogP contribution in [0.15, 0.2) is 15.7 Å². The zero-order chi connectivity index (χ0) is 6.41. The van der Waals surface area contributed by atoms with Crippen LogP contribution in [0.25, 0.3) is 0 Å². The SMILES string of the molecule is N/N=N/N=[N+](\[S-])OS. The molecule has 0 spiro atoms. The van der Waals surface area contributed by atoms with Crippen LogP contribution in [-0.4, -0.2) is 4.27 Å². The van der Waals surface area contributed by atoms with Crippen LogP contribution in [0.5, 0.6) is 0 Å². The molecular weight excluding hydrogens is 150 g/mol. The van der Waals surface area contributed by atoms with Crippen molar-refractivity contribution in [2.24, 2.45) is 21.5 Å². The highest BCUT2D eigenvalue weighted by Gasteiger charge is 1.78. The van der Waals surface area contributed by atoms with Crippen LogP contribution >= 0.6 is 12.9 Å². The number of hydrogen-bond donors (Lipinski definition) is 2. The van der Waals surface area contributed by atoms with Gasteiger partial charge in [0, 0.05) is 0 Å². The molecule has 0 aromatic rings. The largest absolute Gasteiger partial charge is 0.479 e. The van der Waals surface area contributed by atoms with Crippen LogP contribution in [0.1, 0.15) is 0 Å². The van der Waals surface area contributed by atoms with Gasteiger partial charge in [-0.1, -0.05) is 4.27 Å². The summed E-state index contributed by atoms with van der Waals surface area (Å²) in [6, 6.07) is 0. The lowest BCUT2D eigenvalue weighted by molar-refractivity contribution is -0.661. The van der Waals surface area contributed by atoms with Crippen molar-refractivity contribution in [2.45, 2.75) is 0 Å². The van der Waals surface area contributed by atoms with Gasteiger partial charge in [-0.15, -0.1) is 0 Å². The maximum absolute atomic E-state index is 4.54. The lowest BCUT2D eigenvalue weighted by atomic mass is 12.5. The highest BCUT2D eigenvalue weighted by atomic mass is 32.1. The topological polar surface area (TPSA) is 75.3 Å². The average molecular weight is 153 g/mol. The number of nitrogens with two attached hydrogens (primary N) is 1. The third-order valence-electron chi connectivity index (χ3n) is 0.235. The maximum atomic E-state index is 4.54. The third-order valence-corrected chi connectivity index (χ3v) is 0.647. The fourth-order valence-corrected chi connectivity index (χ4v) is 0.137. The van der Waals surface area contributed by atoms with Crippen LogP contribution in [0.4, 0.5) is 0 Å². The first kappa shape index (κ1) is 7.37. The molecule has 6 nitrogen and oxygen atoms in total. The Labute approximate surface area is 56.5 Å². The van der Waals surface area contributed by atoms with E-state index in [0.717, 1.165) is 0 Å². The minimum Gasteiger partial charge on any atom is -0.479 e. The molecule has 0 aliphatic carbocycles. The molecule has 0 rings (SSSR count). The molecule has 0 atom stereocenters. The van der Waals surface area contributed by atoms with Gasteiger partial charge in [-0.25, -0.2) is 0 Å². The summed E-state index contributed by atoms with van der Waals surface area (Å²) >= 11 is 7.54. The molecule has 0 aliphatic heterocycles. The molecule has 0 aromatic heterocycles. The normalized spacial score (nSPS) is 12.4. The summed E-state index contributed by atoms with van der Waals surface area (Å²) in [4.78, 5) is 0. The van der Waals surface area contributed by atoms with Gasteiger partial charge in [-0.3, -0.25) is 10.1 Å². The van der Waals surface area contributed by atoms with Crippen molar-refractivity contribution in [3.05, 3.63) is 0 Å². The first-order valence-corrected chi connectivity index (χ1v) is 2.14. The van der Waals surface area contributed by atoms with Gasteiger partial charge in [-0.2, -0.15) is 0 Å². The molecule has 0 aliphatic rings. The molecule has 0 saturated carbocycles. The molecule has 2 N–H and O–H groups in total. The van der Waals surface area contributed by atoms with E-state index in [-0.39, 0.29) is 0 Å². The van der Waals surface area contributed by atoms with E-state index in [9.17, 15) is 0 Å². The fourth-order valence-electron chi connectivity index (χ4n) is 0.0721. The molecule has 0 heterocycles. The Hall–Kier alpha value is -0.630. The molecule has 46 valence electrons. The second kappa shape index (κ2) is 4.53. The lowest BCUT2D eigenvalue weighted by Gasteiger charge is -1.93. The van der Waals surface area contributed by atoms with E-state index in [1.165, 1.54) is 0 Å². The van der Waals surface area contributed by atoms with Crippen molar-refractivity contribution < 1.29 is 8.55 Å². The van der Waals surface area contributed by atoms with Gasteiger partial charge in [0.25, 0.3) is 0 Å². The molecule has 0 saturated heterocycles. The minimum atomic E-state index is 0.569. The summed E-state index contributed by atoms with van der Waals surface area (Å²) in [6.07, 6.45) is 0. The average Bonchev–Trinajstić information content (AvgIpc) is 1.83. The molecule has 0 unspecified atom stereocenters. The standard InChI is InChI=1S/H3N5OS2/c1-2-3-4-5(7)6-8/h8H,(H2,1,3)/b5-4-. The number of hydrogen-bond acceptors (Lipinski definition) is 4. The summed E-state index contributed by atoms with van der Waals surface area (Å²) in [5, 5.41) is 8.72. The molecular formula is H3N5OS2. The fraction of sp³-hybridized carbons (Fsp3) is 0. The van der Waals surface area contributed by atoms with Crippen molar-refractivity contribution in [3.63, 3.8) is 0 Å². The smallest absolute Gasteiger partial charge is 0.224 e. The zero-order valence-electron chi connectivity index (χ0n) is 3.63. The van der Waals surface area contributed by atoms with Gasteiger partial charge in [-0.05, 0) is 0 Å². The van der Waals surface area contributed by atoms with Gasteiger partial charge in [0.1, 0.15) is 0 Å². The van der Waals surface area contributed by atoms with Gasteiger partial charge in [0.05, 0.1) is 18.1 Å². The number of rotatable bonds is 2. The Kier molecular flexibility index (Phi) is 4.17. The van der Waals surface area contributed by atoms with Crippen LogP contribution in [0, 0.1) is 0 Å². The second-order valence-electron chi connectivity index (χ2n) is 0.614. The Morgan fingerprint density at radius 3 is 2.75 bits per heavy atom. The minimum absolute atomic E-state index is 0.569. The van der Waals surface area contributed by atoms with E-state index in [2.05, 4.69) is 51.5 Å². The van der Waals surface area contributed by atoms with Crippen molar-refractivity contribution in [1.29, 1.82) is 0 Å². The Balaban J connectivity index is 3.57. The van der Waals surface area contributed by atoms with Gasteiger partial charge in [0.2, 0.25) is 5.22 Å². The van der Waals surface area contributed by atoms with E-state index < -0.39 is 0 Å². The first-order chi connectivity index (χ1) is 3.81. The molecule has 0 fully saturated rings. The van der Waals surface area contributed by atoms with Gasteiger partial charge in [0.15, 0.2) is 5.22 Å². The number of thiol groups is 1. The van der Waals surface area contributed by atoms with Crippen LogP contribution < -0.4 is 5.84 Å². The molecule has 0 aromatic carbocycles. The Bertz CT molecular complexity index is 107. The second-order valence-corrected chi connectivity index (χ2v) is 1.09. The first-order valence-electron chi connectivity index (χ1n) is 1.41. The predicted octanol–water partition coefficient (Wildman–Crippen LogP) is -0.0697. The quantitative estimate of drug-likeness (QED) is 0.111. The molecule has 0 bridgehead atoms. The molecule has 8 heavy (non-hydrogen) atoms. The summed E-state index contributed by atoms with van der Waals surface area (Å²) in [5.41, 5.74) is 0. The third kappa shape index (κ3) is 3.56. The zero-order valence-corrected chi connectivity index (χ0v) is 5.34. The highest BCUT2D eigenvalue weighted by Crippen LogP contribution is 1.81. The molecule has 0 amide bonds. The van der Waals surface area contributed by atoms with Gasteiger partial charge < -0.3 is 12.8 Å². The van der Waals surface area contributed by atoms with E-state index in [1.54, 1.807) is 0 Å². The Morgan fingerprint density at radius 1 is 1.75 bits per heavy atom. The van der Waals surface area contributed by atoms with E-state index in [0.29, 0.717) is 4.27 Å². The summed E-state index contributed by atoms with van der Waals surface area (Å²) in [7, 11) is 0. The summed E-state index contributed by atoms with van der Waals surface area (Å²) in [5.74, 6) is 4.54. The van der Waals surface area contributed by atoms with Crippen molar-refractivity contribution >= 4 is 25.7 Å². The van der Waals surface area contributed by atoms with Crippen LogP contribution in [0.2, 0.25) is 0 Å². The monoisotopic (exact) mass is 153 g/mol. The number of nitrogens with zero attached hydrogens (tertiary/aromatic N) is 4. The predicted molar refractivity (Wildman–Crippen MR) is 29.2 cm³/mol. The lowest BCUT2D eigenvalue weighted by Crippen LogP contribution is -1.90. The highest BCUT2D eigenvalue weighted by molar-refractivity contribution is 7.75. The van der Waals surface area contributed by atoms with E-state index in [4.69, 9.17) is 0 Å². The molecule has 8 heteroatoms. The van der Waals surface area contributed by atoms with E-state index >= 15 is 0 Å². The van der Waals surface area contributed by atoms with Crippen molar-refractivity contribution in [2.75, 3.05) is 0 Å². The maximum Gasteiger partial charge on any atom is 0.224 e. The molecule has 0 radical (unpaired) electrons. The van der Waals surface area contributed by atoms with Gasteiger partial charge >= 0.3 is 0 Å². The van der Waals surface area contributed by atoms with E-state index in [1.807, 2.05) is 0 Å². The van der Waals surface area contributed by atoms with Crippen LogP contribution in [-0.2, 0) is 17.1 Å². The van der Waals surface area contributed by atoms with Crippen molar-refractivity contribution in [3.8, 4) is 0 Å². The van der Waals surface area contributed by atoms with Crippen LogP contribution in [0.3, 0.4) is 0 Å². The summed E-state index contributed by atoms with van der Waals surface area (Å²) < 4.78 is 4.59. The van der Waals surface area contributed by atoms with Crippen molar-refractivity contribution in [1.82, 2.24) is 0 Å². The summed E-state index contributed by atoms with van der Waals surface area (Å²) in [6.45, 7) is 0. The Morgan fingerprint density at radius 2 is 2.38 bits per heavy atom.